The molecule has 1 aliphatic carbocycles. The molecule has 0 radical (unpaired) electrons. The Morgan fingerprint density at radius 1 is 1.22 bits per heavy atom. The molecule has 1 amide bonds. The average Bonchev–Trinajstić information content (AvgIpc) is 2.75. The number of carbonyl (C=O) groups excluding carboxylic acids is 1. The highest BCUT2D eigenvalue weighted by Crippen LogP contribution is 2.27. The Hall–Kier alpha value is -0.650. The Balaban J connectivity index is 2.41. The van der Waals surface area contributed by atoms with Crippen molar-refractivity contribution in [1.29, 1.82) is 0 Å². The van der Waals surface area contributed by atoms with Crippen molar-refractivity contribution in [3.05, 3.63) is 0 Å². The first-order valence-electron chi connectivity index (χ1n) is 6.70. The minimum Gasteiger partial charge on any atom is -0.383 e. The molecule has 0 aliphatic heterocycles. The second-order valence-electron chi connectivity index (χ2n) is 4.93. The molecule has 1 rings (SSSR count). The van der Waals surface area contributed by atoms with Crippen molar-refractivity contribution in [2.24, 2.45) is 11.7 Å². The van der Waals surface area contributed by atoms with Gasteiger partial charge >= 0.3 is 0 Å². The molecular weight excluding hydrogens is 232 g/mol. The maximum Gasteiger partial charge on any atom is 0.223 e. The largest absolute Gasteiger partial charge is 0.383 e. The van der Waals surface area contributed by atoms with Crippen LogP contribution in [0.5, 0.6) is 0 Å². The lowest BCUT2D eigenvalue weighted by Crippen LogP contribution is -2.39. The van der Waals surface area contributed by atoms with Gasteiger partial charge in [-0.05, 0) is 18.8 Å². The maximum atomic E-state index is 12.2. The third-order valence-corrected chi connectivity index (χ3v) is 3.64. The normalized spacial score (nSPS) is 23.3. The summed E-state index contributed by atoms with van der Waals surface area (Å²) in [6.45, 7) is 2.37. The fourth-order valence-corrected chi connectivity index (χ4v) is 2.44. The maximum absolute atomic E-state index is 12.2. The van der Waals surface area contributed by atoms with E-state index < -0.39 is 0 Å². The van der Waals surface area contributed by atoms with Gasteiger partial charge < -0.3 is 20.1 Å². The van der Waals surface area contributed by atoms with Crippen LogP contribution in [0.2, 0.25) is 0 Å². The summed E-state index contributed by atoms with van der Waals surface area (Å²) >= 11 is 0. The lowest BCUT2D eigenvalue weighted by Gasteiger charge is -2.24. The molecule has 1 saturated carbocycles. The van der Waals surface area contributed by atoms with Gasteiger partial charge in [0.25, 0.3) is 0 Å². The van der Waals surface area contributed by atoms with Gasteiger partial charge in [0, 0.05) is 39.8 Å². The standard InChI is InChI=1S/C13H26N2O3/c1-17-8-6-15(7-9-18-2)13(16)10-11-4-3-5-12(11)14/h11-12H,3-10,14H2,1-2H3/t11-,12+/m0/s1. The van der Waals surface area contributed by atoms with Gasteiger partial charge in [-0.25, -0.2) is 0 Å². The summed E-state index contributed by atoms with van der Waals surface area (Å²) in [4.78, 5) is 14.0. The molecule has 5 heteroatoms. The zero-order chi connectivity index (χ0) is 13.4. The Kier molecular flexibility index (Phi) is 7.23. The number of ether oxygens (including phenoxy) is 2. The summed E-state index contributed by atoms with van der Waals surface area (Å²) in [5.41, 5.74) is 6.01. The number of hydrogen-bond acceptors (Lipinski definition) is 4. The summed E-state index contributed by atoms with van der Waals surface area (Å²) in [5, 5.41) is 0. The van der Waals surface area contributed by atoms with Crippen LogP contribution in [0.25, 0.3) is 0 Å². The number of nitrogens with zero attached hydrogens (tertiary/aromatic N) is 1. The van der Waals surface area contributed by atoms with Crippen LogP contribution in [0.4, 0.5) is 0 Å². The molecule has 0 aromatic rings. The summed E-state index contributed by atoms with van der Waals surface area (Å²) < 4.78 is 10.1. The molecular formula is C13H26N2O3. The highest BCUT2D eigenvalue weighted by atomic mass is 16.5. The molecule has 0 aromatic heterocycles. The number of carbonyl (C=O) groups is 1. The Morgan fingerprint density at radius 2 is 1.83 bits per heavy atom. The van der Waals surface area contributed by atoms with E-state index in [0.717, 1.165) is 19.3 Å². The summed E-state index contributed by atoms with van der Waals surface area (Å²) in [6.07, 6.45) is 3.84. The van der Waals surface area contributed by atoms with E-state index in [1.54, 1.807) is 14.2 Å². The highest BCUT2D eigenvalue weighted by molar-refractivity contribution is 5.76. The number of amides is 1. The predicted octanol–water partition coefficient (Wildman–Crippen LogP) is 0.625. The zero-order valence-electron chi connectivity index (χ0n) is 11.6. The Morgan fingerprint density at radius 3 is 2.28 bits per heavy atom. The van der Waals surface area contributed by atoms with E-state index in [-0.39, 0.29) is 11.9 Å². The predicted molar refractivity (Wildman–Crippen MR) is 70.3 cm³/mol. The first kappa shape index (κ1) is 15.4. The zero-order valence-corrected chi connectivity index (χ0v) is 11.6. The molecule has 2 atom stereocenters. The van der Waals surface area contributed by atoms with Crippen LogP contribution >= 0.6 is 0 Å². The van der Waals surface area contributed by atoms with Crippen molar-refractivity contribution in [2.45, 2.75) is 31.7 Å². The van der Waals surface area contributed by atoms with Crippen molar-refractivity contribution in [3.8, 4) is 0 Å². The monoisotopic (exact) mass is 258 g/mol. The van der Waals surface area contributed by atoms with Gasteiger partial charge in [0.15, 0.2) is 0 Å². The van der Waals surface area contributed by atoms with E-state index in [4.69, 9.17) is 15.2 Å². The molecule has 1 fully saturated rings. The second kappa shape index (κ2) is 8.45. The van der Waals surface area contributed by atoms with Crippen LogP contribution in [0, 0.1) is 5.92 Å². The smallest absolute Gasteiger partial charge is 0.223 e. The number of rotatable bonds is 8. The van der Waals surface area contributed by atoms with Crippen molar-refractivity contribution in [1.82, 2.24) is 4.90 Å². The first-order valence-corrected chi connectivity index (χ1v) is 6.70. The molecule has 0 unspecified atom stereocenters. The van der Waals surface area contributed by atoms with Crippen LogP contribution in [-0.4, -0.2) is 57.4 Å². The molecule has 0 bridgehead atoms. The minimum absolute atomic E-state index is 0.173. The van der Waals surface area contributed by atoms with Crippen molar-refractivity contribution in [3.63, 3.8) is 0 Å². The molecule has 106 valence electrons. The minimum atomic E-state index is 0.173. The molecule has 0 aromatic carbocycles. The van der Waals surface area contributed by atoms with Crippen LogP contribution in [-0.2, 0) is 14.3 Å². The van der Waals surface area contributed by atoms with Gasteiger partial charge in [0.1, 0.15) is 0 Å². The lowest BCUT2D eigenvalue weighted by molar-refractivity contribution is -0.133. The summed E-state index contributed by atoms with van der Waals surface area (Å²) in [6, 6.07) is 0.195. The molecule has 0 saturated heterocycles. The number of methoxy groups -OCH3 is 2. The van der Waals surface area contributed by atoms with Gasteiger partial charge in [-0.2, -0.15) is 0 Å². The summed E-state index contributed by atoms with van der Waals surface area (Å²) in [7, 11) is 3.29. The Bertz CT molecular complexity index is 240. The number of hydrogen-bond donors (Lipinski definition) is 1. The number of nitrogens with two attached hydrogens (primary N) is 1. The van der Waals surface area contributed by atoms with Gasteiger partial charge in [-0.3, -0.25) is 4.79 Å². The van der Waals surface area contributed by atoms with Crippen molar-refractivity contribution in [2.75, 3.05) is 40.5 Å². The van der Waals surface area contributed by atoms with Gasteiger partial charge in [0.05, 0.1) is 13.2 Å². The fraction of sp³-hybridized carbons (Fsp3) is 0.923. The molecule has 2 N–H and O–H groups in total. The average molecular weight is 258 g/mol. The molecule has 0 spiro atoms. The quantitative estimate of drug-likeness (QED) is 0.693. The molecule has 0 heterocycles. The van der Waals surface area contributed by atoms with Crippen LogP contribution < -0.4 is 5.73 Å². The fourth-order valence-electron chi connectivity index (χ4n) is 2.44. The molecule has 5 nitrogen and oxygen atoms in total. The lowest BCUT2D eigenvalue weighted by atomic mass is 9.99. The van der Waals surface area contributed by atoms with E-state index in [9.17, 15) is 4.79 Å². The third kappa shape index (κ3) is 4.92. The SMILES string of the molecule is COCCN(CCOC)C(=O)C[C@@H]1CCC[C@H]1N. The van der Waals surface area contributed by atoms with E-state index >= 15 is 0 Å². The van der Waals surface area contributed by atoms with Gasteiger partial charge in [-0.15, -0.1) is 0 Å². The second-order valence-corrected chi connectivity index (χ2v) is 4.93. The molecule has 18 heavy (non-hydrogen) atoms. The van der Waals surface area contributed by atoms with Crippen LogP contribution in [0.1, 0.15) is 25.7 Å². The van der Waals surface area contributed by atoms with Crippen molar-refractivity contribution < 1.29 is 14.3 Å². The van der Waals surface area contributed by atoms with E-state index in [0.29, 0.717) is 38.6 Å². The highest BCUT2D eigenvalue weighted by Gasteiger charge is 2.27. The van der Waals surface area contributed by atoms with E-state index in [2.05, 4.69) is 0 Å². The van der Waals surface area contributed by atoms with Gasteiger partial charge in [0.2, 0.25) is 5.91 Å². The van der Waals surface area contributed by atoms with E-state index in [1.165, 1.54) is 0 Å². The topological polar surface area (TPSA) is 64.8 Å². The third-order valence-electron chi connectivity index (χ3n) is 3.64. The van der Waals surface area contributed by atoms with Crippen LogP contribution in [0.15, 0.2) is 0 Å². The summed E-state index contributed by atoms with van der Waals surface area (Å²) in [5.74, 6) is 0.525. The molecule has 1 aliphatic rings. The van der Waals surface area contributed by atoms with Gasteiger partial charge in [-0.1, -0.05) is 6.42 Å². The Labute approximate surface area is 110 Å². The van der Waals surface area contributed by atoms with Crippen molar-refractivity contribution >= 4 is 5.91 Å². The first-order chi connectivity index (χ1) is 8.69. The van der Waals surface area contributed by atoms with E-state index in [1.807, 2.05) is 4.90 Å². The van der Waals surface area contributed by atoms with Crippen LogP contribution in [0.3, 0.4) is 0 Å².